The van der Waals surface area contributed by atoms with Gasteiger partial charge in [0.25, 0.3) is 0 Å². The lowest BCUT2D eigenvalue weighted by Crippen LogP contribution is -2.38. The lowest BCUT2D eigenvalue weighted by atomic mass is 9.92. The molecular formula is C24H31ClN6O2. The van der Waals surface area contributed by atoms with Crippen LogP contribution in [0.3, 0.4) is 0 Å². The lowest BCUT2D eigenvalue weighted by Gasteiger charge is -2.31. The highest BCUT2D eigenvalue weighted by atomic mass is 35.5. The van der Waals surface area contributed by atoms with Crippen LogP contribution >= 0.6 is 11.6 Å². The van der Waals surface area contributed by atoms with Gasteiger partial charge >= 0.3 is 0 Å². The van der Waals surface area contributed by atoms with E-state index in [0.29, 0.717) is 34.6 Å². The number of piperidine rings is 2. The standard InChI is InChI=1S/C24H31ClN6O2/c1-16(32)31-7-4-17(5-8-31)11-29-24-15-27-14-22(30-24)20-9-19(28-13-21(20)25)10-23(33)18-3-2-6-26-12-18/h9,13-15,17-18,26H,2-8,10-12H2,1H3,(H,29,30)/t18-/m1/s1. The van der Waals surface area contributed by atoms with Crippen LogP contribution < -0.4 is 10.6 Å². The van der Waals surface area contributed by atoms with Crippen LogP contribution in [0.15, 0.2) is 24.7 Å². The fourth-order valence-electron chi connectivity index (χ4n) is 4.51. The fraction of sp³-hybridized carbons (Fsp3) is 0.542. The Balaban J connectivity index is 1.39. The van der Waals surface area contributed by atoms with Crippen molar-refractivity contribution < 1.29 is 9.59 Å². The molecule has 9 heteroatoms. The number of anilines is 1. The van der Waals surface area contributed by atoms with Crippen LogP contribution in [0.25, 0.3) is 11.3 Å². The van der Waals surface area contributed by atoms with Gasteiger partial charge in [-0.3, -0.25) is 19.6 Å². The molecule has 2 aromatic heterocycles. The number of hydrogen-bond donors (Lipinski definition) is 2. The number of nitrogens with one attached hydrogen (secondary N) is 2. The van der Waals surface area contributed by atoms with E-state index in [1.807, 2.05) is 11.0 Å². The summed E-state index contributed by atoms with van der Waals surface area (Å²) in [6.45, 7) is 5.73. The van der Waals surface area contributed by atoms with Gasteiger partial charge in [-0.2, -0.15) is 0 Å². The van der Waals surface area contributed by atoms with Crippen molar-refractivity contribution in [3.05, 3.63) is 35.4 Å². The summed E-state index contributed by atoms with van der Waals surface area (Å²) >= 11 is 6.43. The second-order valence-electron chi connectivity index (χ2n) is 8.96. The molecule has 0 aliphatic carbocycles. The molecule has 2 N–H and O–H groups in total. The Morgan fingerprint density at radius 2 is 2.03 bits per heavy atom. The van der Waals surface area contributed by atoms with Crippen molar-refractivity contribution in [2.45, 2.75) is 39.0 Å². The number of ketones is 1. The summed E-state index contributed by atoms with van der Waals surface area (Å²) in [4.78, 5) is 39.5. The number of Topliss-reactive ketones (excluding diaryl/α,β-unsaturated/α-hetero) is 1. The molecule has 4 rings (SSSR count). The van der Waals surface area contributed by atoms with Crippen molar-refractivity contribution >= 4 is 29.1 Å². The van der Waals surface area contributed by atoms with Crippen LogP contribution in [0.2, 0.25) is 5.02 Å². The van der Waals surface area contributed by atoms with Crippen LogP contribution in [0.5, 0.6) is 0 Å². The van der Waals surface area contributed by atoms with Crippen molar-refractivity contribution in [2.24, 2.45) is 11.8 Å². The molecule has 0 radical (unpaired) electrons. The van der Waals surface area contributed by atoms with Gasteiger partial charge in [-0.1, -0.05) is 11.6 Å². The third kappa shape index (κ3) is 6.26. The molecule has 0 unspecified atom stereocenters. The first-order valence-corrected chi connectivity index (χ1v) is 12.1. The molecule has 0 spiro atoms. The zero-order chi connectivity index (χ0) is 23.2. The molecule has 4 heterocycles. The summed E-state index contributed by atoms with van der Waals surface area (Å²) in [5, 5.41) is 7.15. The third-order valence-electron chi connectivity index (χ3n) is 6.56. The van der Waals surface area contributed by atoms with Crippen LogP contribution in [0, 0.1) is 11.8 Å². The smallest absolute Gasteiger partial charge is 0.219 e. The van der Waals surface area contributed by atoms with E-state index in [1.165, 1.54) is 0 Å². The van der Waals surface area contributed by atoms with Crippen molar-refractivity contribution in [2.75, 3.05) is 38.0 Å². The van der Waals surface area contributed by atoms with Gasteiger partial charge in [0.15, 0.2) is 0 Å². The Labute approximate surface area is 199 Å². The summed E-state index contributed by atoms with van der Waals surface area (Å²) < 4.78 is 0. The average molecular weight is 471 g/mol. The van der Waals surface area contributed by atoms with Crippen LogP contribution in [0.4, 0.5) is 5.82 Å². The first kappa shape index (κ1) is 23.6. The second kappa shape index (κ2) is 11.0. The summed E-state index contributed by atoms with van der Waals surface area (Å²) in [7, 11) is 0. The molecule has 0 bridgehead atoms. The Morgan fingerprint density at radius 3 is 2.76 bits per heavy atom. The Morgan fingerprint density at radius 1 is 1.21 bits per heavy atom. The number of pyridine rings is 1. The third-order valence-corrected chi connectivity index (χ3v) is 6.86. The van der Waals surface area contributed by atoms with Gasteiger partial charge in [-0.15, -0.1) is 0 Å². The number of likely N-dealkylation sites (tertiary alicyclic amines) is 1. The van der Waals surface area contributed by atoms with Gasteiger partial charge in [0.05, 0.1) is 23.1 Å². The number of carbonyl (C=O) groups is 2. The molecule has 176 valence electrons. The SMILES string of the molecule is CC(=O)N1CCC(CNc2cncc(-c3cc(CC(=O)[C@@H]4CCCNC4)ncc3Cl)n2)CC1. The molecule has 2 fully saturated rings. The summed E-state index contributed by atoms with van der Waals surface area (Å²) in [6.07, 6.45) is 9.16. The molecule has 1 amide bonds. The number of nitrogens with zero attached hydrogens (tertiary/aromatic N) is 4. The van der Waals surface area contributed by atoms with Crippen molar-refractivity contribution in [1.29, 1.82) is 0 Å². The highest BCUT2D eigenvalue weighted by Gasteiger charge is 2.22. The van der Waals surface area contributed by atoms with Gasteiger partial charge in [0.2, 0.25) is 5.91 Å². The number of aromatic nitrogens is 3. The fourth-order valence-corrected chi connectivity index (χ4v) is 4.71. The van der Waals surface area contributed by atoms with E-state index < -0.39 is 0 Å². The van der Waals surface area contributed by atoms with Gasteiger partial charge in [0.1, 0.15) is 11.6 Å². The monoisotopic (exact) mass is 470 g/mol. The maximum Gasteiger partial charge on any atom is 0.219 e. The molecule has 33 heavy (non-hydrogen) atoms. The Kier molecular flexibility index (Phi) is 7.88. The quantitative estimate of drug-likeness (QED) is 0.641. The summed E-state index contributed by atoms with van der Waals surface area (Å²) in [6, 6.07) is 1.85. The second-order valence-corrected chi connectivity index (χ2v) is 9.37. The van der Waals surface area contributed by atoms with Crippen LogP contribution in [0.1, 0.15) is 38.3 Å². The van der Waals surface area contributed by atoms with E-state index in [-0.39, 0.29) is 17.6 Å². The van der Waals surface area contributed by atoms with E-state index in [1.54, 1.807) is 25.5 Å². The number of halogens is 1. The number of amides is 1. The molecule has 8 nitrogen and oxygen atoms in total. The molecule has 1 atom stereocenters. The first-order chi connectivity index (χ1) is 16.0. The lowest BCUT2D eigenvalue weighted by molar-refractivity contribution is -0.130. The van der Waals surface area contributed by atoms with Gasteiger partial charge in [-0.05, 0) is 44.2 Å². The highest BCUT2D eigenvalue weighted by Crippen LogP contribution is 2.27. The van der Waals surface area contributed by atoms with Crippen molar-refractivity contribution in [3.8, 4) is 11.3 Å². The zero-order valence-corrected chi connectivity index (χ0v) is 19.8. The van der Waals surface area contributed by atoms with Gasteiger partial charge in [0, 0.05) is 62.9 Å². The maximum absolute atomic E-state index is 12.7. The summed E-state index contributed by atoms with van der Waals surface area (Å²) in [5.74, 6) is 1.57. The van der Waals surface area contributed by atoms with Gasteiger partial charge < -0.3 is 15.5 Å². The molecule has 2 aromatic rings. The van der Waals surface area contributed by atoms with Crippen molar-refractivity contribution in [3.63, 3.8) is 0 Å². The zero-order valence-electron chi connectivity index (χ0n) is 19.0. The van der Waals surface area contributed by atoms with E-state index in [9.17, 15) is 9.59 Å². The van der Waals surface area contributed by atoms with Gasteiger partial charge in [-0.25, -0.2) is 4.98 Å². The van der Waals surface area contributed by atoms with Crippen LogP contribution in [-0.2, 0) is 16.0 Å². The molecule has 0 aromatic carbocycles. The predicted octanol–water partition coefficient (Wildman–Crippen LogP) is 2.97. The number of rotatable bonds is 7. The van der Waals surface area contributed by atoms with Crippen LogP contribution in [-0.4, -0.2) is 64.3 Å². The molecular weight excluding hydrogens is 440 g/mol. The molecule has 0 saturated carbocycles. The van der Waals surface area contributed by atoms with E-state index in [2.05, 4.69) is 20.6 Å². The number of carbonyl (C=O) groups excluding carboxylic acids is 2. The van der Waals surface area contributed by atoms with Crippen molar-refractivity contribution in [1.82, 2.24) is 25.2 Å². The average Bonchev–Trinajstić information content (AvgIpc) is 2.85. The Bertz CT molecular complexity index is 987. The maximum atomic E-state index is 12.7. The minimum absolute atomic E-state index is 0.0503. The molecule has 2 aliphatic rings. The largest absolute Gasteiger partial charge is 0.368 e. The first-order valence-electron chi connectivity index (χ1n) is 11.7. The molecule has 2 saturated heterocycles. The van der Waals surface area contributed by atoms with E-state index >= 15 is 0 Å². The van der Waals surface area contributed by atoms with E-state index in [0.717, 1.165) is 64.0 Å². The Hall–Kier alpha value is -2.58. The molecule has 2 aliphatic heterocycles. The minimum Gasteiger partial charge on any atom is -0.368 e. The predicted molar refractivity (Wildman–Crippen MR) is 128 cm³/mol. The normalized spacial score (nSPS) is 19.3. The minimum atomic E-state index is 0.0503. The summed E-state index contributed by atoms with van der Waals surface area (Å²) in [5.41, 5.74) is 2.07. The van der Waals surface area contributed by atoms with E-state index in [4.69, 9.17) is 16.6 Å². The topological polar surface area (TPSA) is 100 Å². The number of hydrogen-bond acceptors (Lipinski definition) is 7. The highest BCUT2D eigenvalue weighted by molar-refractivity contribution is 6.33.